The first kappa shape index (κ1) is 16.4. The minimum atomic E-state index is 0.871. The van der Waals surface area contributed by atoms with Crippen LogP contribution >= 0.6 is 0 Å². The van der Waals surface area contributed by atoms with Gasteiger partial charge in [0, 0.05) is 22.1 Å². The summed E-state index contributed by atoms with van der Waals surface area (Å²) in [5.41, 5.74) is 7.99. The van der Waals surface area contributed by atoms with Gasteiger partial charge in [0.05, 0.1) is 22.1 Å². The van der Waals surface area contributed by atoms with Gasteiger partial charge in [0.1, 0.15) is 23.8 Å². The van der Waals surface area contributed by atoms with Crippen molar-refractivity contribution in [2.24, 2.45) is 0 Å². The van der Waals surface area contributed by atoms with Gasteiger partial charge >= 0.3 is 0 Å². The number of para-hydroxylation sites is 4. The fourth-order valence-corrected chi connectivity index (χ4v) is 4.38. The Morgan fingerprint density at radius 1 is 0.548 bits per heavy atom. The molecule has 4 aromatic carbocycles. The highest BCUT2D eigenvalue weighted by atomic mass is 16.3. The van der Waals surface area contributed by atoms with E-state index in [0.29, 0.717) is 0 Å². The van der Waals surface area contributed by atoms with Crippen molar-refractivity contribution in [3.63, 3.8) is 0 Å². The van der Waals surface area contributed by atoms with E-state index in [0.717, 1.165) is 55.4 Å². The third-order valence-electron chi connectivity index (χ3n) is 5.90. The van der Waals surface area contributed by atoms with Crippen molar-refractivity contribution in [1.82, 2.24) is 19.1 Å². The molecule has 5 nitrogen and oxygen atoms in total. The van der Waals surface area contributed by atoms with Gasteiger partial charge < -0.3 is 4.42 Å². The fraction of sp³-hybridized carbons (Fsp3) is 0. The van der Waals surface area contributed by atoms with E-state index < -0.39 is 0 Å². The molecule has 0 bridgehead atoms. The first-order valence-corrected chi connectivity index (χ1v) is 10.2. The Morgan fingerprint density at radius 2 is 1.03 bits per heavy atom. The van der Waals surface area contributed by atoms with Crippen LogP contribution in [0, 0.1) is 0 Å². The van der Waals surface area contributed by atoms with Crippen LogP contribution in [0.25, 0.3) is 55.4 Å². The van der Waals surface area contributed by atoms with Gasteiger partial charge in [-0.05, 0) is 60.7 Å². The maximum absolute atomic E-state index is 6.12. The maximum atomic E-state index is 6.12. The van der Waals surface area contributed by atoms with Crippen LogP contribution in [-0.2, 0) is 0 Å². The van der Waals surface area contributed by atoms with Crippen molar-refractivity contribution in [3.05, 3.63) is 97.6 Å². The van der Waals surface area contributed by atoms with E-state index in [-0.39, 0.29) is 0 Å². The fourth-order valence-electron chi connectivity index (χ4n) is 4.38. The molecule has 3 heterocycles. The van der Waals surface area contributed by atoms with Gasteiger partial charge in [0.15, 0.2) is 0 Å². The second-order valence-electron chi connectivity index (χ2n) is 7.67. The summed E-state index contributed by atoms with van der Waals surface area (Å²) < 4.78 is 10.3. The highest BCUT2D eigenvalue weighted by molar-refractivity contribution is 6.06. The molecule has 146 valence electrons. The van der Waals surface area contributed by atoms with Crippen molar-refractivity contribution in [3.8, 4) is 11.4 Å². The van der Waals surface area contributed by atoms with Crippen molar-refractivity contribution in [1.29, 1.82) is 0 Å². The zero-order valence-electron chi connectivity index (χ0n) is 16.4. The molecule has 0 atom stereocenters. The van der Waals surface area contributed by atoms with Crippen LogP contribution in [0.5, 0.6) is 0 Å². The van der Waals surface area contributed by atoms with Gasteiger partial charge in [-0.3, -0.25) is 9.13 Å². The molecule has 0 radical (unpaired) electrons. The molecule has 5 heteroatoms. The summed E-state index contributed by atoms with van der Waals surface area (Å²) in [5, 5.41) is 2.16. The standard InChI is InChI=1S/C26H16N4O/c1-3-7-23-21(5-1)27-15-29(23)17-9-11-25-19(13-17)20-14-18(10-12-26(20)31-25)30-16-28-22-6-2-4-8-24(22)30/h1-16H. The summed E-state index contributed by atoms with van der Waals surface area (Å²) in [6.45, 7) is 0. The van der Waals surface area contributed by atoms with Crippen LogP contribution in [0.15, 0.2) is 102 Å². The molecule has 31 heavy (non-hydrogen) atoms. The number of aromatic nitrogens is 4. The smallest absolute Gasteiger partial charge is 0.135 e. The van der Waals surface area contributed by atoms with E-state index in [4.69, 9.17) is 4.42 Å². The van der Waals surface area contributed by atoms with Crippen molar-refractivity contribution >= 4 is 44.0 Å². The van der Waals surface area contributed by atoms with E-state index >= 15 is 0 Å². The molecule has 0 spiro atoms. The Balaban J connectivity index is 1.45. The second kappa shape index (κ2) is 6.06. The van der Waals surface area contributed by atoms with Gasteiger partial charge in [-0.15, -0.1) is 0 Å². The van der Waals surface area contributed by atoms with Crippen molar-refractivity contribution in [2.45, 2.75) is 0 Å². The lowest BCUT2D eigenvalue weighted by Gasteiger charge is -2.05. The van der Waals surface area contributed by atoms with Gasteiger partial charge in [-0.1, -0.05) is 24.3 Å². The van der Waals surface area contributed by atoms with E-state index in [1.54, 1.807) is 0 Å². The SMILES string of the molecule is c1ccc2c(c1)ncn2-c1ccc2oc3ccc(-n4cnc5ccccc54)cc3c2c1. The number of rotatable bonds is 2. The third kappa shape index (κ3) is 2.37. The zero-order valence-corrected chi connectivity index (χ0v) is 16.4. The Morgan fingerprint density at radius 3 is 1.55 bits per heavy atom. The highest BCUT2D eigenvalue weighted by Crippen LogP contribution is 2.33. The highest BCUT2D eigenvalue weighted by Gasteiger charge is 2.12. The van der Waals surface area contributed by atoms with Crippen LogP contribution in [0.4, 0.5) is 0 Å². The molecule has 0 aliphatic rings. The Hall–Kier alpha value is -4.38. The molecule has 3 aromatic heterocycles. The molecule has 7 aromatic rings. The van der Waals surface area contributed by atoms with Crippen LogP contribution < -0.4 is 0 Å². The lowest BCUT2D eigenvalue weighted by Crippen LogP contribution is -1.92. The van der Waals surface area contributed by atoms with E-state index in [1.807, 2.05) is 61.2 Å². The van der Waals surface area contributed by atoms with Crippen molar-refractivity contribution < 1.29 is 4.42 Å². The summed E-state index contributed by atoms with van der Waals surface area (Å²) in [5.74, 6) is 0. The van der Waals surface area contributed by atoms with Gasteiger partial charge in [0.25, 0.3) is 0 Å². The average Bonchev–Trinajstić information content (AvgIpc) is 3.53. The first-order valence-electron chi connectivity index (χ1n) is 10.2. The molecule has 0 saturated heterocycles. The lowest BCUT2D eigenvalue weighted by molar-refractivity contribution is 0.669. The quantitative estimate of drug-likeness (QED) is 0.344. The minimum absolute atomic E-state index is 0.871. The minimum Gasteiger partial charge on any atom is -0.456 e. The van der Waals surface area contributed by atoms with Gasteiger partial charge in [-0.25, -0.2) is 9.97 Å². The number of hydrogen-bond acceptors (Lipinski definition) is 3. The molecule has 0 unspecified atom stereocenters. The summed E-state index contributed by atoms with van der Waals surface area (Å²) in [6, 6.07) is 28.9. The summed E-state index contributed by atoms with van der Waals surface area (Å²) in [6.07, 6.45) is 3.74. The predicted molar refractivity (Wildman–Crippen MR) is 123 cm³/mol. The number of benzene rings is 4. The van der Waals surface area contributed by atoms with Crippen LogP contribution in [-0.4, -0.2) is 19.1 Å². The number of furan rings is 1. The molecular formula is C26H16N4O. The zero-order chi connectivity index (χ0) is 20.4. The molecule has 0 aliphatic carbocycles. The summed E-state index contributed by atoms with van der Waals surface area (Å²) in [4.78, 5) is 9.06. The summed E-state index contributed by atoms with van der Waals surface area (Å²) in [7, 11) is 0. The third-order valence-corrected chi connectivity index (χ3v) is 5.90. The second-order valence-corrected chi connectivity index (χ2v) is 7.67. The molecule has 7 rings (SSSR count). The molecule has 0 aliphatic heterocycles. The topological polar surface area (TPSA) is 48.8 Å². The maximum Gasteiger partial charge on any atom is 0.135 e. The van der Waals surface area contributed by atoms with Crippen LogP contribution in [0.2, 0.25) is 0 Å². The number of nitrogens with zero attached hydrogens (tertiary/aromatic N) is 4. The molecule has 0 saturated carbocycles. The Kier molecular flexibility index (Phi) is 3.21. The summed E-state index contributed by atoms with van der Waals surface area (Å²) >= 11 is 0. The molecule has 0 fully saturated rings. The van der Waals surface area contributed by atoms with Gasteiger partial charge in [-0.2, -0.15) is 0 Å². The molecule has 0 amide bonds. The van der Waals surface area contributed by atoms with Crippen LogP contribution in [0.3, 0.4) is 0 Å². The number of hydrogen-bond donors (Lipinski definition) is 0. The Bertz CT molecular complexity index is 1620. The van der Waals surface area contributed by atoms with Gasteiger partial charge in [0.2, 0.25) is 0 Å². The first-order chi connectivity index (χ1) is 15.3. The number of imidazole rings is 2. The average molecular weight is 400 g/mol. The normalized spacial score (nSPS) is 11.9. The van der Waals surface area contributed by atoms with Crippen LogP contribution in [0.1, 0.15) is 0 Å². The van der Waals surface area contributed by atoms with E-state index in [1.165, 1.54) is 0 Å². The number of fused-ring (bicyclic) bond motifs is 5. The van der Waals surface area contributed by atoms with E-state index in [2.05, 4.69) is 55.5 Å². The molecular weight excluding hydrogens is 384 g/mol. The lowest BCUT2D eigenvalue weighted by atomic mass is 10.1. The predicted octanol–water partition coefficient (Wildman–Crippen LogP) is 6.26. The van der Waals surface area contributed by atoms with Crippen molar-refractivity contribution in [2.75, 3.05) is 0 Å². The molecule has 0 N–H and O–H groups in total. The Labute approximate surface area is 176 Å². The largest absolute Gasteiger partial charge is 0.456 e. The van der Waals surface area contributed by atoms with E-state index in [9.17, 15) is 0 Å². The monoisotopic (exact) mass is 400 g/mol.